The Morgan fingerprint density at radius 2 is 2.20 bits per heavy atom. The summed E-state index contributed by atoms with van der Waals surface area (Å²) in [6, 6.07) is 4.51. The van der Waals surface area contributed by atoms with Gasteiger partial charge in [0.15, 0.2) is 0 Å². The summed E-state index contributed by atoms with van der Waals surface area (Å²) in [5.41, 5.74) is 0.516. The van der Waals surface area contributed by atoms with Gasteiger partial charge in [-0.3, -0.25) is 4.79 Å². The van der Waals surface area contributed by atoms with Crippen molar-refractivity contribution in [3.05, 3.63) is 27.7 Å². The lowest BCUT2D eigenvalue weighted by Gasteiger charge is -2.15. The quantitative estimate of drug-likeness (QED) is 0.723. The summed E-state index contributed by atoms with van der Waals surface area (Å²) < 4.78 is 5.64. The van der Waals surface area contributed by atoms with Gasteiger partial charge >= 0.3 is 12.0 Å². The third-order valence-electron chi connectivity index (χ3n) is 2.40. The molecule has 8 heteroatoms. The fourth-order valence-corrected chi connectivity index (χ4v) is 1.92. The fraction of sp³-hybridized carbons (Fsp3) is 0.333. The summed E-state index contributed by atoms with van der Waals surface area (Å²) in [5.74, 6) is -0.989. The number of halogens is 2. The second kappa shape index (κ2) is 8.08. The summed E-state index contributed by atoms with van der Waals surface area (Å²) in [7, 11) is 1.39. The van der Waals surface area contributed by atoms with Crippen LogP contribution in [0.2, 0.25) is 5.02 Å². The van der Waals surface area contributed by atoms with Crippen molar-refractivity contribution in [1.82, 2.24) is 5.32 Å². The maximum atomic E-state index is 11.7. The molecule has 0 fully saturated rings. The number of hydrogen-bond donors (Lipinski definition) is 3. The molecular weight excluding hydrogens is 351 g/mol. The van der Waals surface area contributed by atoms with E-state index in [1.165, 1.54) is 7.11 Å². The van der Waals surface area contributed by atoms with E-state index < -0.39 is 18.1 Å². The molecule has 1 atom stereocenters. The van der Waals surface area contributed by atoms with Crippen LogP contribution in [0.25, 0.3) is 0 Å². The van der Waals surface area contributed by atoms with Crippen molar-refractivity contribution in [2.45, 2.75) is 12.5 Å². The first kappa shape index (κ1) is 16.7. The van der Waals surface area contributed by atoms with Crippen LogP contribution in [-0.2, 0) is 9.53 Å². The second-order valence-corrected chi connectivity index (χ2v) is 5.21. The minimum atomic E-state index is -0.989. The lowest BCUT2D eigenvalue weighted by atomic mass is 10.2. The molecule has 0 radical (unpaired) electrons. The Morgan fingerprint density at radius 3 is 2.80 bits per heavy atom. The number of aliphatic carboxylic acids is 1. The van der Waals surface area contributed by atoms with Crippen LogP contribution in [0.3, 0.4) is 0 Å². The number of carbonyl (C=O) groups excluding carboxylic acids is 1. The van der Waals surface area contributed by atoms with Gasteiger partial charge in [-0.15, -0.1) is 0 Å². The Labute approximate surface area is 129 Å². The zero-order chi connectivity index (χ0) is 15.1. The molecule has 0 saturated carbocycles. The number of rotatable bonds is 6. The van der Waals surface area contributed by atoms with Crippen LogP contribution in [0.15, 0.2) is 22.7 Å². The summed E-state index contributed by atoms with van der Waals surface area (Å²) in [5, 5.41) is 14.3. The second-order valence-electron chi connectivity index (χ2n) is 3.91. The molecule has 6 nitrogen and oxygen atoms in total. The van der Waals surface area contributed by atoms with E-state index in [2.05, 4.69) is 26.6 Å². The van der Waals surface area contributed by atoms with Crippen molar-refractivity contribution in [3.8, 4) is 0 Å². The molecule has 0 aromatic heterocycles. The molecular formula is C12H14BrClN2O4. The van der Waals surface area contributed by atoms with Gasteiger partial charge in [-0.05, 0) is 34.1 Å². The number of benzene rings is 1. The van der Waals surface area contributed by atoms with Gasteiger partial charge < -0.3 is 20.5 Å². The van der Waals surface area contributed by atoms with E-state index in [1.807, 2.05) is 0 Å². The Balaban J connectivity index is 2.51. The largest absolute Gasteiger partial charge is 0.481 e. The van der Waals surface area contributed by atoms with Crippen LogP contribution in [-0.4, -0.2) is 36.9 Å². The highest BCUT2D eigenvalue weighted by Gasteiger charge is 2.14. The first-order chi connectivity index (χ1) is 9.42. The molecule has 1 aromatic rings. The van der Waals surface area contributed by atoms with E-state index >= 15 is 0 Å². The van der Waals surface area contributed by atoms with Crippen molar-refractivity contribution >= 4 is 45.2 Å². The Bertz CT molecular complexity index is 498. The number of anilines is 1. The highest BCUT2D eigenvalue weighted by Crippen LogP contribution is 2.25. The smallest absolute Gasteiger partial charge is 0.319 e. The van der Waals surface area contributed by atoms with E-state index in [9.17, 15) is 9.59 Å². The molecule has 0 spiro atoms. The number of carboxylic acid groups (broad SMARTS) is 1. The third kappa shape index (κ3) is 5.77. The predicted octanol–water partition coefficient (Wildman–Crippen LogP) is 2.71. The Morgan fingerprint density at radius 1 is 1.50 bits per heavy atom. The number of carbonyl (C=O) groups is 2. The van der Waals surface area contributed by atoms with Gasteiger partial charge in [0.2, 0.25) is 0 Å². The number of nitrogens with one attached hydrogen (secondary N) is 2. The number of carboxylic acids is 1. The van der Waals surface area contributed by atoms with Crippen molar-refractivity contribution in [2.24, 2.45) is 0 Å². The van der Waals surface area contributed by atoms with Crippen molar-refractivity contribution in [1.29, 1.82) is 0 Å². The summed E-state index contributed by atoms with van der Waals surface area (Å²) >= 11 is 9.11. The van der Waals surface area contributed by atoms with Gasteiger partial charge in [0.05, 0.1) is 18.2 Å². The number of ether oxygens (including phenoxy) is 1. The Hall–Kier alpha value is -1.31. The zero-order valence-corrected chi connectivity index (χ0v) is 13.0. The van der Waals surface area contributed by atoms with Gasteiger partial charge in [-0.1, -0.05) is 11.6 Å². The van der Waals surface area contributed by atoms with Crippen LogP contribution in [0, 0.1) is 0 Å². The van der Waals surface area contributed by atoms with Crippen molar-refractivity contribution < 1.29 is 19.4 Å². The summed E-state index contributed by atoms with van der Waals surface area (Å²) in [4.78, 5) is 22.3. The Kier molecular flexibility index (Phi) is 6.77. The lowest BCUT2D eigenvalue weighted by Crippen LogP contribution is -2.37. The first-order valence-electron chi connectivity index (χ1n) is 5.67. The molecule has 1 unspecified atom stereocenters. The van der Waals surface area contributed by atoms with Gasteiger partial charge in [0.1, 0.15) is 0 Å². The maximum absolute atomic E-state index is 11.7. The molecule has 110 valence electrons. The molecule has 1 aromatic carbocycles. The summed E-state index contributed by atoms with van der Waals surface area (Å²) in [6.07, 6.45) is -0.765. The SMILES string of the molecule is COC(CNC(=O)Nc1cc(Cl)ccc1Br)CC(=O)O. The average molecular weight is 366 g/mol. The fourth-order valence-electron chi connectivity index (χ4n) is 1.40. The molecule has 20 heavy (non-hydrogen) atoms. The lowest BCUT2D eigenvalue weighted by molar-refractivity contribution is -0.139. The zero-order valence-electron chi connectivity index (χ0n) is 10.7. The van der Waals surface area contributed by atoms with E-state index in [1.54, 1.807) is 18.2 Å². The highest BCUT2D eigenvalue weighted by molar-refractivity contribution is 9.10. The molecule has 2 amide bonds. The van der Waals surface area contributed by atoms with E-state index in [4.69, 9.17) is 21.4 Å². The third-order valence-corrected chi connectivity index (χ3v) is 3.33. The molecule has 1 rings (SSSR count). The normalized spacial score (nSPS) is 11.8. The average Bonchev–Trinajstić information content (AvgIpc) is 2.38. The molecule has 0 aliphatic carbocycles. The van der Waals surface area contributed by atoms with Crippen molar-refractivity contribution in [3.63, 3.8) is 0 Å². The molecule has 0 heterocycles. The molecule has 3 N–H and O–H groups in total. The van der Waals surface area contributed by atoms with Crippen LogP contribution in [0.4, 0.5) is 10.5 Å². The summed E-state index contributed by atoms with van der Waals surface area (Å²) in [6.45, 7) is 0.0901. The number of methoxy groups -OCH3 is 1. The monoisotopic (exact) mass is 364 g/mol. The minimum Gasteiger partial charge on any atom is -0.481 e. The van der Waals surface area contributed by atoms with Gasteiger partial charge in [-0.2, -0.15) is 0 Å². The molecule has 0 saturated heterocycles. The van der Waals surface area contributed by atoms with Crippen LogP contribution in [0.1, 0.15) is 6.42 Å². The van der Waals surface area contributed by atoms with E-state index in [0.717, 1.165) is 0 Å². The molecule has 0 aliphatic rings. The number of urea groups is 1. The van der Waals surface area contributed by atoms with Gasteiger partial charge in [0.25, 0.3) is 0 Å². The standard InChI is InChI=1S/C12H14BrClN2O4/c1-20-8(5-11(17)18)6-15-12(19)16-10-4-7(14)2-3-9(10)13/h2-4,8H,5-6H2,1H3,(H,17,18)(H2,15,16,19). The van der Waals surface area contributed by atoms with Crippen LogP contribution >= 0.6 is 27.5 Å². The highest BCUT2D eigenvalue weighted by atomic mass is 79.9. The van der Waals surface area contributed by atoms with Crippen LogP contribution in [0.5, 0.6) is 0 Å². The topological polar surface area (TPSA) is 87.7 Å². The molecule has 0 aliphatic heterocycles. The van der Waals surface area contributed by atoms with E-state index in [-0.39, 0.29) is 13.0 Å². The maximum Gasteiger partial charge on any atom is 0.319 e. The van der Waals surface area contributed by atoms with Crippen LogP contribution < -0.4 is 10.6 Å². The number of amides is 2. The van der Waals surface area contributed by atoms with Gasteiger partial charge in [0, 0.05) is 23.1 Å². The van der Waals surface area contributed by atoms with Crippen molar-refractivity contribution in [2.75, 3.05) is 19.0 Å². The van der Waals surface area contributed by atoms with Gasteiger partial charge in [-0.25, -0.2) is 4.79 Å². The first-order valence-corrected chi connectivity index (χ1v) is 6.84. The predicted molar refractivity (Wildman–Crippen MR) is 79.2 cm³/mol. The molecule has 0 bridgehead atoms. The minimum absolute atomic E-state index is 0.0901. The number of hydrogen-bond acceptors (Lipinski definition) is 3. The van der Waals surface area contributed by atoms with E-state index in [0.29, 0.717) is 15.2 Å².